The number of fused-ring (bicyclic) bond motifs is 2. The first-order valence-electron chi connectivity index (χ1n) is 6.41. The van der Waals surface area contributed by atoms with E-state index in [1.165, 1.54) is 12.7 Å². The van der Waals surface area contributed by atoms with E-state index in [0.29, 0.717) is 33.3 Å². The molecule has 0 bridgehead atoms. The van der Waals surface area contributed by atoms with Crippen molar-refractivity contribution in [2.75, 3.05) is 0 Å². The molecular formula is C16H9N3O2. The first-order chi connectivity index (χ1) is 10.3. The van der Waals surface area contributed by atoms with E-state index in [9.17, 15) is 4.79 Å². The van der Waals surface area contributed by atoms with E-state index in [-0.39, 0.29) is 5.43 Å². The number of rotatable bonds is 1. The summed E-state index contributed by atoms with van der Waals surface area (Å²) in [5.41, 5.74) is 1.66. The zero-order chi connectivity index (χ0) is 14.2. The number of benzene rings is 2. The van der Waals surface area contributed by atoms with Gasteiger partial charge in [0.25, 0.3) is 0 Å². The van der Waals surface area contributed by atoms with E-state index in [1.54, 1.807) is 18.2 Å². The van der Waals surface area contributed by atoms with Crippen molar-refractivity contribution >= 4 is 21.9 Å². The lowest BCUT2D eigenvalue weighted by atomic mass is 10.1. The highest BCUT2D eigenvalue weighted by molar-refractivity contribution is 5.97. The van der Waals surface area contributed by atoms with E-state index in [4.69, 9.17) is 4.42 Å². The van der Waals surface area contributed by atoms with Gasteiger partial charge >= 0.3 is 0 Å². The minimum atomic E-state index is -0.0807. The molecule has 0 atom stereocenters. The molecule has 2 aromatic carbocycles. The summed E-state index contributed by atoms with van der Waals surface area (Å²) in [6.07, 6.45) is 2.81. The van der Waals surface area contributed by atoms with Gasteiger partial charge in [-0.15, -0.1) is 0 Å². The summed E-state index contributed by atoms with van der Waals surface area (Å²) in [6, 6.07) is 12.6. The van der Waals surface area contributed by atoms with Crippen LogP contribution >= 0.6 is 0 Å². The van der Waals surface area contributed by atoms with Crippen molar-refractivity contribution < 1.29 is 4.42 Å². The SMILES string of the molecule is O=c1c2ccccc2oc2cccc(-c3ncncn3)c12. The molecule has 2 aromatic heterocycles. The smallest absolute Gasteiger partial charge is 0.201 e. The molecule has 4 aromatic rings. The summed E-state index contributed by atoms with van der Waals surface area (Å²) in [6.45, 7) is 0. The Labute approximate surface area is 118 Å². The van der Waals surface area contributed by atoms with Crippen molar-refractivity contribution in [2.24, 2.45) is 0 Å². The maximum atomic E-state index is 12.8. The van der Waals surface area contributed by atoms with Gasteiger partial charge in [0.15, 0.2) is 5.82 Å². The van der Waals surface area contributed by atoms with Crippen molar-refractivity contribution in [3.05, 3.63) is 65.3 Å². The molecule has 0 fully saturated rings. The molecule has 4 rings (SSSR count). The lowest BCUT2D eigenvalue weighted by molar-refractivity contribution is 0.660. The predicted octanol–water partition coefficient (Wildman–Crippen LogP) is 2.80. The second kappa shape index (κ2) is 4.49. The van der Waals surface area contributed by atoms with Gasteiger partial charge in [-0.25, -0.2) is 15.0 Å². The fourth-order valence-electron chi connectivity index (χ4n) is 2.41. The van der Waals surface area contributed by atoms with Crippen LogP contribution in [0.3, 0.4) is 0 Å². The van der Waals surface area contributed by atoms with Gasteiger partial charge < -0.3 is 4.42 Å². The zero-order valence-corrected chi connectivity index (χ0v) is 10.9. The van der Waals surface area contributed by atoms with Gasteiger partial charge in [0.2, 0.25) is 5.43 Å². The Morgan fingerprint density at radius 3 is 2.48 bits per heavy atom. The third-order valence-electron chi connectivity index (χ3n) is 3.34. The molecule has 2 heterocycles. The van der Waals surface area contributed by atoms with Gasteiger partial charge in [-0.1, -0.05) is 24.3 Å². The van der Waals surface area contributed by atoms with Gasteiger partial charge in [-0.05, 0) is 18.2 Å². The molecule has 0 saturated heterocycles. The third-order valence-corrected chi connectivity index (χ3v) is 3.34. The molecule has 5 heteroatoms. The second-order valence-corrected chi connectivity index (χ2v) is 4.57. The lowest BCUT2D eigenvalue weighted by Crippen LogP contribution is -2.04. The first kappa shape index (κ1) is 11.7. The van der Waals surface area contributed by atoms with Crippen molar-refractivity contribution in [2.45, 2.75) is 0 Å². The van der Waals surface area contributed by atoms with Crippen LogP contribution in [0.25, 0.3) is 33.3 Å². The molecule has 0 saturated carbocycles. The van der Waals surface area contributed by atoms with E-state index in [1.807, 2.05) is 24.3 Å². The fraction of sp³-hybridized carbons (Fsp3) is 0. The molecule has 0 radical (unpaired) electrons. The number of hydrogen-bond donors (Lipinski definition) is 0. The highest BCUT2D eigenvalue weighted by atomic mass is 16.3. The Kier molecular flexibility index (Phi) is 2.50. The summed E-state index contributed by atoms with van der Waals surface area (Å²) in [5.74, 6) is 0.457. The average molecular weight is 275 g/mol. The minimum absolute atomic E-state index is 0.0807. The van der Waals surface area contributed by atoms with E-state index in [0.717, 1.165) is 0 Å². The molecule has 21 heavy (non-hydrogen) atoms. The summed E-state index contributed by atoms with van der Waals surface area (Å²) in [5, 5.41) is 1.04. The number of aromatic nitrogens is 3. The average Bonchev–Trinajstić information content (AvgIpc) is 2.55. The topological polar surface area (TPSA) is 68.9 Å². The summed E-state index contributed by atoms with van der Waals surface area (Å²) in [4.78, 5) is 24.8. The molecule has 100 valence electrons. The largest absolute Gasteiger partial charge is 0.456 e. The van der Waals surface area contributed by atoms with Crippen molar-refractivity contribution in [3.8, 4) is 11.4 Å². The molecule has 0 aliphatic rings. The Morgan fingerprint density at radius 1 is 0.857 bits per heavy atom. The van der Waals surface area contributed by atoms with E-state index < -0.39 is 0 Å². The van der Waals surface area contributed by atoms with Crippen LogP contribution in [0.1, 0.15) is 0 Å². The Morgan fingerprint density at radius 2 is 1.62 bits per heavy atom. The van der Waals surface area contributed by atoms with Gasteiger partial charge in [0, 0.05) is 5.56 Å². The molecular weight excluding hydrogens is 266 g/mol. The number of para-hydroxylation sites is 1. The highest BCUT2D eigenvalue weighted by Gasteiger charge is 2.13. The van der Waals surface area contributed by atoms with Crippen LogP contribution < -0.4 is 5.43 Å². The fourth-order valence-corrected chi connectivity index (χ4v) is 2.41. The van der Waals surface area contributed by atoms with Gasteiger partial charge in [0.1, 0.15) is 23.8 Å². The molecule has 0 unspecified atom stereocenters. The first-order valence-corrected chi connectivity index (χ1v) is 6.41. The summed E-state index contributed by atoms with van der Waals surface area (Å²) >= 11 is 0. The minimum Gasteiger partial charge on any atom is -0.456 e. The number of nitrogens with zero attached hydrogens (tertiary/aromatic N) is 3. The quantitative estimate of drug-likeness (QED) is 0.500. The Balaban J connectivity index is 2.19. The second-order valence-electron chi connectivity index (χ2n) is 4.57. The Bertz CT molecular complexity index is 1010. The van der Waals surface area contributed by atoms with Crippen molar-refractivity contribution in [3.63, 3.8) is 0 Å². The van der Waals surface area contributed by atoms with Crippen molar-refractivity contribution in [1.82, 2.24) is 15.0 Å². The maximum absolute atomic E-state index is 12.8. The van der Waals surface area contributed by atoms with Crippen molar-refractivity contribution in [1.29, 1.82) is 0 Å². The third kappa shape index (κ3) is 1.79. The highest BCUT2D eigenvalue weighted by Crippen LogP contribution is 2.26. The monoisotopic (exact) mass is 275 g/mol. The predicted molar refractivity (Wildman–Crippen MR) is 78.8 cm³/mol. The van der Waals surface area contributed by atoms with Gasteiger partial charge in [-0.3, -0.25) is 4.79 Å². The number of hydrogen-bond acceptors (Lipinski definition) is 5. The van der Waals surface area contributed by atoms with Crippen LogP contribution in [-0.2, 0) is 0 Å². The van der Waals surface area contributed by atoms with E-state index >= 15 is 0 Å². The van der Waals surface area contributed by atoms with Crippen LogP contribution in [-0.4, -0.2) is 15.0 Å². The van der Waals surface area contributed by atoms with Crippen LogP contribution in [0.15, 0.2) is 64.3 Å². The Hall–Kier alpha value is -3.08. The van der Waals surface area contributed by atoms with Crippen LogP contribution in [0.5, 0.6) is 0 Å². The molecule has 0 aliphatic heterocycles. The van der Waals surface area contributed by atoms with Crippen LogP contribution in [0, 0.1) is 0 Å². The van der Waals surface area contributed by atoms with Gasteiger partial charge in [0.05, 0.1) is 10.8 Å². The standard InChI is InChI=1S/C16H9N3O2/c20-15-10-4-1-2-6-12(10)21-13-7-3-5-11(14(13)15)16-18-8-17-9-19-16/h1-9H. The zero-order valence-electron chi connectivity index (χ0n) is 10.9. The normalized spacial score (nSPS) is 11.0. The van der Waals surface area contributed by atoms with Crippen LogP contribution in [0.2, 0.25) is 0 Å². The van der Waals surface area contributed by atoms with E-state index in [2.05, 4.69) is 15.0 Å². The maximum Gasteiger partial charge on any atom is 0.201 e. The van der Waals surface area contributed by atoms with Gasteiger partial charge in [-0.2, -0.15) is 0 Å². The summed E-state index contributed by atoms with van der Waals surface area (Å²) in [7, 11) is 0. The molecule has 0 N–H and O–H groups in total. The van der Waals surface area contributed by atoms with Crippen LogP contribution in [0.4, 0.5) is 0 Å². The molecule has 0 spiro atoms. The molecule has 0 amide bonds. The lowest BCUT2D eigenvalue weighted by Gasteiger charge is -2.05. The summed E-state index contributed by atoms with van der Waals surface area (Å²) < 4.78 is 5.82. The molecule has 0 aliphatic carbocycles. The molecule has 5 nitrogen and oxygen atoms in total.